The summed E-state index contributed by atoms with van der Waals surface area (Å²) in [5.41, 5.74) is 7.03. The van der Waals surface area contributed by atoms with Gasteiger partial charge in [-0.1, -0.05) is 41.9 Å². The van der Waals surface area contributed by atoms with Gasteiger partial charge in [0.25, 0.3) is 5.91 Å². The van der Waals surface area contributed by atoms with Crippen LogP contribution in [0, 0.1) is 0 Å². The topological polar surface area (TPSA) is 88.1 Å². The summed E-state index contributed by atoms with van der Waals surface area (Å²) in [7, 11) is 1.45. The highest BCUT2D eigenvalue weighted by molar-refractivity contribution is 6.30. The maximum atomic E-state index is 12.5. The van der Waals surface area contributed by atoms with Crippen LogP contribution in [-0.2, 0) is 0 Å². The molecule has 0 fully saturated rings. The second kappa shape index (κ2) is 7.71. The second-order valence-corrected chi connectivity index (χ2v) is 5.76. The molecule has 26 heavy (non-hydrogen) atoms. The summed E-state index contributed by atoms with van der Waals surface area (Å²) < 4.78 is 1.52. The summed E-state index contributed by atoms with van der Waals surface area (Å²) in [6.45, 7) is 0. The van der Waals surface area contributed by atoms with E-state index in [-0.39, 0.29) is 5.69 Å². The molecule has 132 valence electrons. The minimum atomic E-state index is -0.526. The molecular weight excluding hydrogens is 354 g/mol. The molecule has 0 unspecified atom stereocenters. The van der Waals surface area contributed by atoms with E-state index < -0.39 is 11.9 Å². The Bertz CT molecular complexity index is 923. The van der Waals surface area contributed by atoms with E-state index in [9.17, 15) is 9.59 Å². The smallest absolute Gasteiger partial charge is 0.333 e. The van der Waals surface area contributed by atoms with Gasteiger partial charge in [-0.15, -0.1) is 0 Å². The molecule has 3 rings (SSSR count). The summed E-state index contributed by atoms with van der Waals surface area (Å²) in [4.78, 5) is 23.8. The number of nitrogens with one attached hydrogen (secondary N) is 3. The van der Waals surface area contributed by atoms with Gasteiger partial charge in [-0.2, -0.15) is 5.10 Å². The zero-order valence-corrected chi connectivity index (χ0v) is 14.6. The van der Waals surface area contributed by atoms with Gasteiger partial charge in [0.1, 0.15) is 5.69 Å². The number of halogens is 1. The van der Waals surface area contributed by atoms with Gasteiger partial charge in [0.05, 0.1) is 11.4 Å². The number of carbonyl (C=O) groups is 2. The number of rotatable bonds is 3. The Kier molecular flexibility index (Phi) is 5.19. The molecule has 0 bridgehead atoms. The second-order valence-electron chi connectivity index (χ2n) is 5.33. The number of hydrogen-bond donors (Lipinski definition) is 3. The molecule has 3 aromatic rings. The molecule has 0 saturated carbocycles. The van der Waals surface area contributed by atoms with Crippen LogP contribution in [0.25, 0.3) is 16.9 Å². The van der Waals surface area contributed by atoms with Crippen molar-refractivity contribution in [3.63, 3.8) is 0 Å². The minimum Gasteiger partial charge on any atom is -0.340 e. The number of amides is 3. The molecule has 0 atom stereocenters. The molecule has 0 aliphatic carbocycles. The van der Waals surface area contributed by atoms with Crippen LogP contribution in [0.3, 0.4) is 0 Å². The Morgan fingerprint density at radius 2 is 1.69 bits per heavy atom. The van der Waals surface area contributed by atoms with Gasteiger partial charge in [0, 0.05) is 17.6 Å². The highest BCUT2D eigenvalue weighted by atomic mass is 35.5. The van der Waals surface area contributed by atoms with Gasteiger partial charge in [-0.3, -0.25) is 10.2 Å². The zero-order chi connectivity index (χ0) is 18.5. The third kappa shape index (κ3) is 3.84. The van der Waals surface area contributed by atoms with E-state index in [1.165, 1.54) is 11.7 Å². The lowest BCUT2D eigenvalue weighted by Crippen LogP contribution is -2.46. The average molecular weight is 370 g/mol. The Labute approximate surface area is 154 Å². The predicted octanol–water partition coefficient (Wildman–Crippen LogP) is 2.77. The normalized spacial score (nSPS) is 10.2. The van der Waals surface area contributed by atoms with Crippen molar-refractivity contribution in [3.8, 4) is 16.9 Å². The Hall–Kier alpha value is -3.32. The van der Waals surface area contributed by atoms with Gasteiger partial charge in [-0.05, 0) is 30.3 Å². The first-order valence-electron chi connectivity index (χ1n) is 7.78. The fourth-order valence-electron chi connectivity index (χ4n) is 2.31. The minimum absolute atomic E-state index is 0.276. The number of hydrogen-bond acceptors (Lipinski definition) is 3. The van der Waals surface area contributed by atoms with E-state index in [2.05, 4.69) is 21.3 Å². The largest absolute Gasteiger partial charge is 0.340 e. The molecule has 0 aliphatic heterocycles. The van der Waals surface area contributed by atoms with E-state index in [4.69, 9.17) is 11.6 Å². The van der Waals surface area contributed by atoms with Crippen molar-refractivity contribution in [2.75, 3.05) is 7.05 Å². The number of aromatic nitrogens is 2. The molecule has 1 aromatic heterocycles. The standard InChI is InChI=1S/C18H16ClN5O2/c1-20-18(26)22-21-17(25)16-11-15(12-7-9-13(19)10-8-12)23-24(16)14-5-3-2-4-6-14/h2-11H,1H3,(H,21,25)(H2,20,22,26). The lowest BCUT2D eigenvalue weighted by Gasteiger charge is -2.08. The van der Waals surface area contributed by atoms with E-state index in [0.29, 0.717) is 10.7 Å². The molecule has 2 aromatic carbocycles. The van der Waals surface area contributed by atoms with Crippen molar-refractivity contribution < 1.29 is 9.59 Å². The predicted molar refractivity (Wildman–Crippen MR) is 99.1 cm³/mol. The maximum absolute atomic E-state index is 12.5. The van der Waals surface area contributed by atoms with Crippen molar-refractivity contribution in [3.05, 3.63) is 71.4 Å². The summed E-state index contributed by atoms with van der Waals surface area (Å²) in [5, 5.41) is 7.50. The van der Waals surface area contributed by atoms with E-state index in [1.54, 1.807) is 18.2 Å². The summed E-state index contributed by atoms with van der Waals surface area (Å²) in [5.74, 6) is -0.495. The fraction of sp³-hybridized carbons (Fsp3) is 0.0556. The first-order valence-corrected chi connectivity index (χ1v) is 8.16. The molecule has 0 aliphatic rings. The SMILES string of the molecule is CNC(=O)NNC(=O)c1cc(-c2ccc(Cl)cc2)nn1-c1ccccc1. The maximum Gasteiger partial charge on any atom is 0.333 e. The van der Waals surface area contributed by atoms with Crippen LogP contribution < -0.4 is 16.2 Å². The van der Waals surface area contributed by atoms with E-state index in [1.807, 2.05) is 42.5 Å². The van der Waals surface area contributed by atoms with E-state index in [0.717, 1.165) is 11.3 Å². The molecular formula is C18H16ClN5O2. The van der Waals surface area contributed by atoms with Crippen molar-refractivity contribution in [1.82, 2.24) is 25.9 Å². The molecule has 1 heterocycles. The number of para-hydroxylation sites is 1. The van der Waals surface area contributed by atoms with E-state index >= 15 is 0 Å². The highest BCUT2D eigenvalue weighted by Crippen LogP contribution is 2.23. The number of nitrogens with zero attached hydrogens (tertiary/aromatic N) is 2. The average Bonchev–Trinajstić information content (AvgIpc) is 3.12. The zero-order valence-electron chi connectivity index (χ0n) is 13.9. The van der Waals surface area contributed by atoms with Crippen LogP contribution in [0.5, 0.6) is 0 Å². The number of hydrazine groups is 1. The third-order valence-electron chi connectivity index (χ3n) is 3.60. The molecule has 7 nitrogen and oxygen atoms in total. The van der Waals surface area contributed by atoms with Crippen molar-refractivity contribution >= 4 is 23.5 Å². The molecule has 0 spiro atoms. The number of benzene rings is 2. The third-order valence-corrected chi connectivity index (χ3v) is 3.85. The number of carbonyl (C=O) groups excluding carboxylic acids is 2. The summed E-state index contributed by atoms with van der Waals surface area (Å²) in [6, 6.07) is 17.5. The summed E-state index contributed by atoms with van der Waals surface area (Å²) in [6.07, 6.45) is 0. The van der Waals surface area contributed by atoms with Crippen molar-refractivity contribution in [2.24, 2.45) is 0 Å². The van der Waals surface area contributed by atoms with Crippen LogP contribution in [0.1, 0.15) is 10.5 Å². The Morgan fingerprint density at radius 1 is 1.00 bits per heavy atom. The monoisotopic (exact) mass is 369 g/mol. The van der Waals surface area contributed by atoms with Crippen LogP contribution >= 0.6 is 11.6 Å². The first kappa shape index (κ1) is 17.5. The first-order chi connectivity index (χ1) is 12.6. The molecule has 0 radical (unpaired) electrons. The van der Waals surface area contributed by atoms with Crippen molar-refractivity contribution in [1.29, 1.82) is 0 Å². The highest BCUT2D eigenvalue weighted by Gasteiger charge is 2.18. The summed E-state index contributed by atoms with van der Waals surface area (Å²) >= 11 is 5.93. The van der Waals surface area contributed by atoms with Crippen molar-refractivity contribution in [2.45, 2.75) is 0 Å². The van der Waals surface area contributed by atoms with Crippen LogP contribution in [0.15, 0.2) is 60.7 Å². The van der Waals surface area contributed by atoms with Crippen LogP contribution in [-0.4, -0.2) is 28.8 Å². The number of urea groups is 1. The molecule has 0 saturated heterocycles. The Morgan fingerprint density at radius 3 is 2.35 bits per heavy atom. The van der Waals surface area contributed by atoms with Gasteiger partial charge >= 0.3 is 6.03 Å². The molecule has 3 N–H and O–H groups in total. The lowest BCUT2D eigenvalue weighted by molar-refractivity contribution is 0.0928. The van der Waals surface area contributed by atoms with Gasteiger partial charge < -0.3 is 5.32 Å². The lowest BCUT2D eigenvalue weighted by atomic mass is 10.1. The fourth-order valence-corrected chi connectivity index (χ4v) is 2.44. The van der Waals surface area contributed by atoms with Crippen LogP contribution in [0.2, 0.25) is 5.02 Å². The van der Waals surface area contributed by atoms with Gasteiger partial charge in [-0.25, -0.2) is 14.9 Å². The Balaban J connectivity index is 1.99. The van der Waals surface area contributed by atoms with Gasteiger partial charge in [0.15, 0.2) is 0 Å². The van der Waals surface area contributed by atoms with Crippen LogP contribution in [0.4, 0.5) is 4.79 Å². The van der Waals surface area contributed by atoms with Gasteiger partial charge in [0.2, 0.25) is 0 Å². The molecule has 8 heteroatoms. The quantitative estimate of drug-likeness (QED) is 0.620. The molecule has 3 amide bonds.